The Balaban J connectivity index is 1.79. The van der Waals surface area contributed by atoms with E-state index in [1.165, 1.54) is 48.7 Å². The molecule has 2 aromatic rings. The maximum atomic E-state index is 12.5. The van der Waals surface area contributed by atoms with Crippen LogP contribution in [-0.4, -0.2) is 43.6 Å². The van der Waals surface area contributed by atoms with Gasteiger partial charge in [0, 0.05) is 19.3 Å². The molecular weight excluding hydrogens is 424 g/mol. The molecule has 1 heterocycles. The van der Waals surface area contributed by atoms with E-state index < -0.39 is 10.0 Å². The predicted molar refractivity (Wildman–Crippen MR) is 131 cm³/mol. The Kier molecular flexibility index (Phi) is 11.2. The second-order valence-corrected chi connectivity index (χ2v) is 9.46. The maximum absolute atomic E-state index is 12.5. The summed E-state index contributed by atoms with van der Waals surface area (Å²) in [7, 11) is -3.51. The first-order valence-corrected chi connectivity index (χ1v) is 12.9. The molecule has 0 saturated heterocycles. The van der Waals surface area contributed by atoms with Crippen LogP contribution in [0.1, 0.15) is 64.9 Å². The minimum atomic E-state index is -3.51. The number of nitrogens with one attached hydrogen (secondary N) is 1. The topological polar surface area (TPSA) is 83.9 Å². The van der Waals surface area contributed by atoms with E-state index in [-0.39, 0.29) is 4.90 Å². The van der Waals surface area contributed by atoms with Crippen LogP contribution >= 0.6 is 0 Å². The smallest absolute Gasteiger partial charge is 0.244 e. The minimum Gasteiger partial charge on any atom is -0.494 e. The number of hydrogen-bond acceptors (Lipinski definition) is 6. The van der Waals surface area contributed by atoms with E-state index in [1.807, 2.05) is 38.1 Å². The van der Waals surface area contributed by atoms with Crippen LogP contribution in [0, 0.1) is 0 Å². The number of hydrazone groups is 1. The number of pyridine rings is 1. The van der Waals surface area contributed by atoms with Gasteiger partial charge in [0.05, 0.1) is 12.8 Å². The van der Waals surface area contributed by atoms with Gasteiger partial charge in [-0.1, -0.05) is 52.9 Å². The van der Waals surface area contributed by atoms with Gasteiger partial charge in [-0.2, -0.15) is 9.41 Å². The first kappa shape index (κ1) is 25.8. The molecule has 0 saturated carbocycles. The molecule has 0 amide bonds. The van der Waals surface area contributed by atoms with Crippen LogP contribution in [0.3, 0.4) is 0 Å². The van der Waals surface area contributed by atoms with Crippen molar-refractivity contribution in [3.05, 3.63) is 48.2 Å². The molecule has 0 unspecified atom stereocenters. The average molecular weight is 461 g/mol. The summed E-state index contributed by atoms with van der Waals surface area (Å²) in [6.07, 6.45) is 10.5. The van der Waals surface area contributed by atoms with Crippen molar-refractivity contribution in [1.82, 2.24) is 9.29 Å². The fraction of sp³-hybridized carbons (Fsp3) is 0.500. The van der Waals surface area contributed by atoms with Gasteiger partial charge in [-0.15, -0.1) is 0 Å². The SMILES string of the molecule is CCCCCCCCOc1ccc(C=NNc2ccc(S(=O)(=O)N(CC)CC)cn2)cc1. The van der Waals surface area contributed by atoms with Crippen LogP contribution in [0.4, 0.5) is 5.82 Å². The molecule has 0 aliphatic carbocycles. The fourth-order valence-electron chi connectivity index (χ4n) is 3.21. The number of hydrogen-bond donors (Lipinski definition) is 1. The maximum Gasteiger partial charge on any atom is 0.244 e. The lowest BCUT2D eigenvalue weighted by molar-refractivity contribution is 0.304. The predicted octanol–water partition coefficient (Wildman–Crippen LogP) is 5.30. The van der Waals surface area contributed by atoms with Gasteiger partial charge < -0.3 is 4.74 Å². The molecule has 0 aliphatic heterocycles. The van der Waals surface area contributed by atoms with Crippen LogP contribution in [-0.2, 0) is 10.0 Å². The monoisotopic (exact) mass is 460 g/mol. The third-order valence-electron chi connectivity index (χ3n) is 5.12. The van der Waals surface area contributed by atoms with Gasteiger partial charge in [0.1, 0.15) is 16.5 Å². The molecule has 7 nitrogen and oxygen atoms in total. The molecule has 0 radical (unpaired) electrons. The van der Waals surface area contributed by atoms with Crippen LogP contribution in [0.2, 0.25) is 0 Å². The third kappa shape index (κ3) is 8.24. The second kappa shape index (κ2) is 13.9. The Bertz CT molecular complexity index is 909. The molecule has 1 aromatic heterocycles. The van der Waals surface area contributed by atoms with Gasteiger partial charge in [0.25, 0.3) is 0 Å². The van der Waals surface area contributed by atoms with Crippen molar-refractivity contribution in [3.8, 4) is 5.75 Å². The molecule has 176 valence electrons. The lowest BCUT2D eigenvalue weighted by Crippen LogP contribution is -2.30. The summed E-state index contributed by atoms with van der Waals surface area (Å²) < 4.78 is 32.2. The largest absolute Gasteiger partial charge is 0.494 e. The zero-order valence-corrected chi connectivity index (χ0v) is 20.3. The summed E-state index contributed by atoms with van der Waals surface area (Å²) in [5, 5.41) is 4.17. The van der Waals surface area contributed by atoms with Crippen molar-refractivity contribution < 1.29 is 13.2 Å². The Hall–Kier alpha value is -2.45. The van der Waals surface area contributed by atoms with E-state index in [9.17, 15) is 8.42 Å². The molecule has 0 bridgehead atoms. The highest BCUT2D eigenvalue weighted by Crippen LogP contribution is 2.16. The zero-order valence-electron chi connectivity index (χ0n) is 19.5. The Labute approximate surface area is 193 Å². The molecule has 2 rings (SSSR count). The fourth-order valence-corrected chi connectivity index (χ4v) is 4.61. The number of rotatable bonds is 15. The summed E-state index contributed by atoms with van der Waals surface area (Å²) >= 11 is 0. The van der Waals surface area contributed by atoms with Gasteiger partial charge >= 0.3 is 0 Å². The summed E-state index contributed by atoms with van der Waals surface area (Å²) in [6.45, 7) is 7.44. The molecule has 0 fully saturated rings. The molecule has 0 aliphatic rings. The Morgan fingerprint density at radius 2 is 1.66 bits per heavy atom. The van der Waals surface area contributed by atoms with Crippen molar-refractivity contribution in [3.63, 3.8) is 0 Å². The Morgan fingerprint density at radius 1 is 0.969 bits per heavy atom. The Morgan fingerprint density at radius 3 is 2.28 bits per heavy atom. The third-order valence-corrected chi connectivity index (χ3v) is 7.15. The normalized spacial score (nSPS) is 11.9. The van der Waals surface area contributed by atoms with Gasteiger partial charge in [-0.25, -0.2) is 13.4 Å². The van der Waals surface area contributed by atoms with Gasteiger partial charge in [0.15, 0.2) is 0 Å². The van der Waals surface area contributed by atoms with E-state index in [0.29, 0.717) is 18.9 Å². The molecule has 0 spiro atoms. The molecular formula is C24H36N4O3S. The van der Waals surface area contributed by atoms with Crippen LogP contribution < -0.4 is 10.2 Å². The molecule has 8 heteroatoms. The average Bonchev–Trinajstić information content (AvgIpc) is 2.80. The zero-order chi connectivity index (χ0) is 23.2. The van der Waals surface area contributed by atoms with Gasteiger partial charge in [0.2, 0.25) is 10.0 Å². The number of ether oxygens (including phenoxy) is 1. The standard InChI is InChI=1S/C24H36N4O3S/c1-4-7-8-9-10-11-18-31-22-14-12-21(13-15-22)19-26-27-24-17-16-23(20-25-24)32(29,30)28(5-2)6-3/h12-17,19-20H,4-11,18H2,1-3H3,(H,25,27). The second-order valence-electron chi connectivity index (χ2n) is 7.52. The highest BCUT2D eigenvalue weighted by molar-refractivity contribution is 7.89. The van der Waals surface area contributed by atoms with Crippen LogP contribution in [0.15, 0.2) is 52.6 Å². The van der Waals surface area contributed by atoms with Gasteiger partial charge in [-0.3, -0.25) is 5.43 Å². The van der Waals surface area contributed by atoms with Crippen molar-refractivity contribution in [2.24, 2.45) is 5.10 Å². The van der Waals surface area contributed by atoms with Crippen molar-refractivity contribution in [1.29, 1.82) is 0 Å². The summed E-state index contributed by atoms with van der Waals surface area (Å²) in [5.74, 6) is 1.33. The highest BCUT2D eigenvalue weighted by atomic mass is 32.2. The number of unbranched alkanes of at least 4 members (excludes halogenated alkanes) is 5. The molecule has 1 N–H and O–H groups in total. The molecule has 1 aromatic carbocycles. The highest BCUT2D eigenvalue weighted by Gasteiger charge is 2.21. The number of sulfonamides is 1. The number of benzene rings is 1. The number of nitrogens with zero attached hydrogens (tertiary/aromatic N) is 3. The van der Waals surface area contributed by atoms with Crippen LogP contribution in [0.5, 0.6) is 5.75 Å². The number of aromatic nitrogens is 1. The summed E-state index contributed by atoms with van der Waals surface area (Å²) in [4.78, 5) is 4.33. The van der Waals surface area contributed by atoms with Crippen molar-refractivity contribution in [2.75, 3.05) is 25.1 Å². The number of anilines is 1. The van der Waals surface area contributed by atoms with E-state index in [0.717, 1.165) is 24.3 Å². The van der Waals surface area contributed by atoms with Crippen molar-refractivity contribution >= 4 is 22.1 Å². The first-order chi connectivity index (χ1) is 15.5. The molecule has 32 heavy (non-hydrogen) atoms. The van der Waals surface area contributed by atoms with E-state index in [2.05, 4.69) is 22.4 Å². The summed E-state index contributed by atoms with van der Waals surface area (Å²) in [5.41, 5.74) is 3.75. The lowest BCUT2D eigenvalue weighted by atomic mass is 10.1. The van der Waals surface area contributed by atoms with Gasteiger partial charge in [-0.05, 0) is 48.4 Å². The summed E-state index contributed by atoms with van der Waals surface area (Å²) in [6, 6.07) is 10.9. The first-order valence-electron chi connectivity index (χ1n) is 11.5. The van der Waals surface area contributed by atoms with E-state index >= 15 is 0 Å². The lowest BCUT2D eigenvalue weighted by Gasteiger charge is -2.18. The van der Waals surface area contributed by atoms with E-state index in [1.54, 1.807) is 12.3 Å². The van der Waals surface area contributed by atoms with Crippen molar-refractivity contribution in [2.45, 2.75) is 64.2 Å². The van der Waals surface area contributed by atoms with Crippen LogP contribution in [0.25, 0.3) is 0 Å². The quantitative estimate of drug-likeness (QED) is 0.222. The molecule has 0 atom stereocenters. The van der Waals surface area contributed by atoms with E-state index in [4.69, 9.17) is 4.74 Å². The minimum absolute atomic E-state index is 0.173.